The second-order valence-electron chi connectivity index (χ2n) is 4.23. The fourth-order valence-corrected chi connectivity index (χ4v) is 1.71. The van der Waals surface area contributed by atoms with Crippen LogP contribution in [0.3, 0.4) is 0 Å². The molecule has 0 bridgehead atoms. The van der Waals surface area contributed by atoms with Crippen LogP contribution in [0.1, 0.15) is 26.2 Å². The van der Waals surface area contributed by atoms with E-state index < -0.39 is 10.8 Å². The summed E-state index contributed by atoms with van der Waals surface area (Å²) in [7, 11) is 0. The summed E-state index contributed by atoms with van der Waals surface area (Å²) in [6, 6.07) is 3.52. The Labute approximate surface area is 110 Å². The Hall–Kier alpha value is -2.15. The molecule has 1 aromatic rings. The lowest BCUT2D eigenvalue weighted by Crippen LogP contribution is -2.27. The van der Waals surface area contributed by atoms with Gasteiger partial charge in [0.1, 0.15) is 5.75 Å². The minimum absolute atomic E-state index is 0.0549. The summed E-state index contributed by atoms with van der Waals surface area (Å²) in [4.78, 5) is 21.8. The van der Waals surface area contributed by atoms with Crippen LogP contribution in [0.2, 0.25) is 0 Å². The van der Waals surface area contributed by atoms with Crippen LogP contribution < -0.4 is 11.1 Å². The Morgan fingerprint density at radius 1 is 1.58 bits per heavy atom. The van der Waals surface area contributed by atoms with Crippen molar-refractivity contribution >= 4 is 17.3 Å². The predicted molar refractivity (Wildman–Crippen MR) is 70.9 cm³/mol. The number of carbonyl (C=O) groups excluding carboxylic acids is 1. The second kappa shape index (κ2) is 6.69. The van der Waals surface area contributed by atoms with E-state index in [2.05, 4.69) is 5.32 Å². The zero-order valence-corrected chi connectivity index (χ0v) is 10.6. The zero-order chi connectivity index (χ0) is 14.4. The van der Waals surface area contributed by atoms with Crippen LogP contribution in [0.25, 0.3) is 0 Å². The number of para-hydroxylation sites is 1. The molecule has 0 aliphatic rings. The number of phenolic OH excluding ortho intramolecular Hbond substituents is 1. The summed E-state index contributed by atoms with van der Waals surface area (Å²) in [5.74, 6) is -0.794. The molecule has 0 radical (unpaired) electrons. The Kier molecular flexibility index (Phi) is 5.25. The van der Waals surface area contributed by atoms with Crippen LogP contribution in [-0.4, -0.2) is 22.0 Å². The molecule has 0 spiro atoms. The number of nitrogens with zero attached hydrogens (tertiary/aromatic N) is 1. The largest absolute Gasteiger partial charge is 0.505 e. The van der Waals surface area contributed by atoms with Gasteiger partial charge in [-0.2, -0.15) is 0 Å². The number of rotatable bonds is 6. The molecule has 0 saturated carbocycles. The lowest BCUT2D eigenvalue weighted by Gasteiger charge is -2.11. The molecule has 0 aliphatic carbocycles. The monoisotopic (exact) mass is 267 g/mol. The molecule has 0 aliphatic heterocycles. The normalized spacial score (nSPS) is 11.9. The number of amides is 1. The van der Waals surface area contributed by atoms with Crippen molar-refractivity contribution in [2.75, 3.05) is 5.32 Å². The molecule has 7 nitrogen and oxygen atoms in total. The van der Waals surface area contributed by atoms with Gasteiger partial charge in [0, 0.05) is 18.5 Å². The Balaban J connectivity index is 2.82. The van der Waals surface area contributed by atoms with Gasteiger partial charge < -0.3 is 16.2 Å². The SMILES string of the molecule is CCCC(N)CC(=O)Nc1c(O)cccc1[N+](=O)[O-]. The van der Waals surface area contributed by atoms with Gasteiger partial charge in [-0.25, -0.2) is 0 Å². The third-order valence-corrected chi connectivity index (χ3v) is 2.59. The standard InChI is InChI=1S/C12H17N3O4/c1-2-4-8(13)7-11(17)14-12-9(15(18)19)5-3-6-10(12)16/h3,5-6,8,16H,2,4,7,13H2,1H3,(H,14,17). The topological polar surface area (TPSA) is 118 Å². The molecular weight excluding hydrogens is 250 g/mol. The maximum atomic E-state index is 11.7. The van der Waals surface area contributed by atoms with Gasteiger partial charge in [-0.3, -0.25) is 14.9 Å². The quantitative estimate of drug-likeness (QED) is 0.412. The summed E-state index contributed by atoms with van der Waals surface area (Å²) in [6.07, 6.45) is 1.60. The Morgan fingerprint density at radius 3 is 2.84 bits per heavy atom. The first-order valence-electron chi connectivity index (χ1n) is 5.97. The molecule has 1 amide bonds. The summed E-state index contributed by atoms with van der Waals surface area (Å²) < 4.78 is 0. The van der Waals surface area contributed by atoms with Gasteiger partial charge in [-0.05, 0) is 12.5 Å². The highest BCUT2D eigenvalue weighted by molar-refractivity contribution is 5.95. The van der Waals surface area contributed by atoms with Crippen LogP contribution in [-0.2, 0) is 4.79 Å². The number of aromatic hydroxyl groups is 1. The number of nitrogens with one attached hydrogen (secondary N) is 1. The second-order valence-corrected chi connectivity index (χ2v) is 4.23. The van der Waals surface area contributed by atoms with E-state index in [4.69, 9.17) is 5.73 Å². The van der Waals surface area contributed by atoms with E-state index in [9.17, 15) is 20.0 Å². The molecule has 1 rings (SSSR count). The Morgan fingerprint density at radius 2 is 2.26 bits per heavy atom. The number of benzene rings is 1. The first-order chi connectivity index (χ1) is 8.95. The van der Waals surface area contributed by atoms with Gasteiger partial charge >= 0.3 is 0 Å². The summed E-state index contributed by atoms with van der Waals surface area (Å²) in [5.41, 5.74) is 5.17. The molecule has 0 fully saturated rings. The maximum absolute atomic E-state index is 11.7. The highest BCUT2D eigenvalue weighted by atomic mass is 16.6. The van der Waals surface area contributed by atoms with E-state index >= 15 is 0 Å². The minimum Gasteiger partial charge on any atom is -0.505 e. The van der Waals surface area contributed by atoms with Crippen LogP contribution in [0, 0.1) is 10.1 Å². The van der Waals surface area contributed by atoms with Gasteiger partial charge in [0.05, 0.1) is 4.92 Å². The smallest absolute Gasteiger partial charge is 0.296 e. The van der Waals surface area contributed by atoms with Gasteiger partial charge in [0.25, 0.3) is 5.69 Å². The van der Waals surface area contributed by atoms with Crippen molar-refractivity contribution in [2.24, 2.45) is 5.73 Å². The van der Waals surface area contributed by atoms with Gasteiger partial charge in [-0.1, -0.05) is 19.4 Å². The van der Waals surface area contributed by atoms with Crippen LogP contribution in [0.4, 0.5) is 11.4 Å². The summed E-state index contributed by atoms with van der Waals surface area (Å²) in [6.45, 7) is 1.95. The number of carbonyl (C=O) groups is 1. The molecule has 0 saturated heterocycles. The number of nitrogens with two attached hydrogens (primary N) is 1. The molecule has 19 heavy (non-hydrogen) atoms. The molecule has 104 valence electrons. The fraction of sp³-hybridized carbons (Fsp3) is 0.417. The van der Waals surface area contributed by atoms with Crippen molar-refractivity contribution in [1.29, 1.82) is 0 Å². The molecular formula is C12H17N3O4. The number of phenols is 1. The van der Waals surface area contributed by atoms with E-state index in [-0.39, 0.29) is 29.6 Å². The molecule has 1 atom stereocenters. The highest BCUT2D eigenvalue weighted by Gasteiger charge is 2.20. The molecule has 7 heteroatoms. The zero-order valence-electron chi connectivity index (χ0n) is 10.6. The van der Waals surface area contributed by atoms with Crippen molar-refractivity contribution in [3.63, 3.8) is 0 Å². The molecule has 1 unspecified atom stereocenters. The number of nitro benzene ring substituents is 1. The molecule has 1 aromatic carbocycles. The molecule has 0 heterocycles. The van der Waals surface area contributed by atoms with E-state index in [1.54, 1.807) is 0 Å². The summed E-state index contributed by atoms with van der Waals surface area (Å²) in [5, 5.41) is 22.7. The first-order valence-corrected chi connectivity index (χ1v) is 5.97. The number of nitro groups is 1. The van der Waals surface area contributed by atoms with Crippen molar-refractivity contribution in [3.05, 3.63) is 28.3 Å². The van der Waals surface area contributed by atoms with Gasteiger partial charge in [0.2, 0.25) is 5.91 Å². The van der Waals surface area contributed by atoms with Crippen LogP contribution in [0.15, 0.2) is 18.2 Å². The average molecular weight is 267 g/mol. The highest BCUT2D eigenvalue weighted by Crippen LogP contribution is 2.33. The molecule has 0 aromatic heterocycles. The third kappa shape index (κ3) is 4.22. The maximum Gasteiger partial charge on any atom is 0.296 e. The first kappa shape index (κ1) is 14.9. The van der Waals surface area contributed by atoms with Crippen molar-refractivity contribution in [3.8, 4) is 5.75 Å². The number of hydrogen-bond acceptors (Lipinski definition) is 5. The Bertz CT molecular complexity index is 476. The number of hydrogen-bond donors (Lipinski definition) is 3. The minimum atomic E-state index is -0.665. The van der Waals surface area contributed by atoms with Gasteiger partial charge in [0.15, 0.2) is 5.69 Å². The van der Waals surface area contributed by atoms with E-state index in [1.165, 1.54) is 18.2 Å². The van der Waals surface area contributed by atoms with E-state index in [0.717, 1.165) is 6.42 Å². The third-order valence-electron chi connectivity index (χ3n) is 2.59. The molecule has 4 N–H and O–H groups in total. The van der Waals surface area contributed by atoms with E-state index in [1.807, 2.05) is 6.92 Å². The van der Waals surface area contributed by atoms with Crippen molar-refractivity contribution in [1.82, 2.24) is 0 Å². The average Bonchev–Trinajstić information content (AvgIpc) is 2.31. The van der Waals surface area contributed by atoms with E-state index in [0.29, 0.717) is 6.42 Å². The predicted octanol–water partition coefficient (Wildman–Crippen LogP) is 1.76. The summed E-state index contributed by atoms with van der Waals surface area (Å²) >= 11 is 0. The van der Waals surface area contributed by atoms with Crippen molar-refractivity contribution in [2.45, 2.75) is 32.2 Å². The van der Waals surface area contributed by atoms with Crippen LogP contribution >= 0.6 is 0 Å². The van der Waals surface area contributed by atoms with Gasteiger partial charge in [-0.15, -0.1) is 0 Å². The lowest BCUT2D eigenvalue weighted by atomic mass is 10.1. The lowest BCUT2D eigenvalue weighted by molar-refractivity contribution is -0.384. The number of anilines is 1. The van der Waals surface area contributed by atoms with Crippen LogP contribution in [0.5, 0.6) is 5.75 Å². The fourth-order valence-electron chi connectivity index (χ4n) is 1.71. The van der Waals surface area contributed by atoms with Crippen molar-refractivity contribution < 1.29 is 14.8 Å².